The van der Waals surface area contributed by atoms with E-state index < -0.39 is 0 Å². The monoisotopic (exact) mass is 245 g/mol. The number of aromatic amines is 1. The van der Waals surface area contributed by atoms with Crippen LogP contribution >= 0.6 is 0 Å². The van der Waals surface area contributed by atoms with Crippen molar-refractivity contribution in [2.45, 2.75) is 20.4 Å². The average Bonchev–Trinajstić information content (AvgIpc) is 2.67. The quantitative estimate of drug-likeness (QED) is 0.766. The third kappa shape index (κ3) is 2.92. The minimum Gasteiger partial charge on any atom is -0.358 e. The molecule has 2 N–H and O–H groups in total. The largest absolute Gasteiger partial charge is 0.358 e. The molecular formula is C15H23N3. The van der Waals surface area contributed by atoms with Crippen LogP contribution in [0.3, 0.4) is 0 Å². The Balaban J connectivity index is 2.08. The summed E-state index contributed by atoms with van der Waals surface area (Å²) < 4.78 is 0. The molecule has 0 saturated heterocycles. The Morgan fingerprint density at radius 3 is 2.83 bits per heavy atom. The number of H-pyrrole nitrogens is 1. The number of aryl methyl sites for hydroxylation is 1. The number of nitrogens with zero attached hydrogens (tertiary/aromatic N) is 1. The Hall–Kier alpha value is -1.32. The molecular weight excluding hydrogens is 222 g/mol. The zero-order chi connectivity index (χ0) is 13.0. The van der Waals surface area contributed by atoms with Crippen LogP contribution in [0.15, 0.2) is 24.3 Å². The summed E-state index contributed by atoms with van der Waals surface area (Å²) in [7, 11) is 2.18. The summed E-state index contributed by atoms with van der Waals surface area (Å²) in [6.07, 6.45) is 0. The summed E-state index contributed by atoms with van der Waals surface area (Å²) in [6.45, 7) is 8.47. The van der Waals surface area contributed by atoms with Crippen molar-refractivity contribution in [3.63, 3.8) is 0 Å². The first kappa shape index (κ1) is 13.1. The van der Waals surface area contributed by atoms with Gasteiger partial charge in [-0.25, -0.2) is 0 Å². The molecule has 0 unspecified atom stereocenters. The third-order valence-corrected chi connectivity index (χ3v) is 3.38. The van der Waals surface area contributed by atoms with Gasteiger partial charge in [-0.15, -0.1) is 0 Å². The first-order valence-corrected chi connectivity index (χ1v) is 6.67. The molecule has 0 bridgehead atoms. The van der Waals surface area contributed by atoms with Gasteiger partial charge in [0, 0.05) is 36.2 Å². The molecule has 0 aliphatic heterocycles. The fourth-order valence-corrected chi connectivity index (χ4v) is 2.33. The number of aromatic nitrogens is 1. The maximum Gasteiger partial charge on any atom is 0.0459 e. The predicted octanol–water partition coefficient (Wildman–Crippen LogP) is 2.52. The lowest BCUT2D eigenvalue weighted by atomic mass is 10.1. The second-order valence-corrected chi connectivity index (χ2v) is 4.87. The lowest BCUT2D eigenvalue weighted by Gasteiger charge is -2.17. The molecule has 0 aliphatic rings. The minimum absolute atomic E-state index is 1.00. The average molecular weight is 245 g/mol. The van der Waals surface area contributed by atoms with Crippen molar-refractivity contribution in [2.24, 2.45) is 0 Å². The highest BCUT2D eigenvalue weighted by molar-refractivity contribution is 5.84. The van der Waals surface area contributed by atoms with Gasteiger partial charge in [0.25, 0.3) is 0 Å². The van der Waals surface area contributed by atoms with Gasteiger partial charge < -0.3 is 15.2 Å². The molecule has 2 rings (SSSR count). The van der Waals surface area contributed by atoms with Crippen molar-refractivity contribution in [2.75, 3.05) is 26.7 Å². The molecule has 0 fully saturated rings. The number of hydrogen-bond donors (Lipinski definition) is 2. The smallest absolute Gasteiger partial charge is 0.0459 e. The minimum atomic E-state index is 1.00. The van der Waals surface area contributed by atoms with E-state index in [1.54, 1.807) is 0 Å². The molecule has 0 spiro atoms. The Kier molecular flexibility index (Phi) is 4.39. The number of rotatable bonds is 6. The number of benzene rings is 1. The van der Waals surface area contributed by atoms with E-state index in [-0.39, 0.29) is 0 Å². The number of para-hydroxylation sites is 1. The van der Waals surface area contributed by atoms with Crippen LogP contribution in [0.25, 0.3) is 10.9 Å². The molecule has 0 aliphatic carbocycles. The van der Waals surface area contributed by atoms with Gasteiger partial charge in [-0.1, -0.05) is 25.1 Å². The second-order valence-electron chi connectivity index (χ2n) is 4.87. The van der Waals surface area contributed by atoms with E-state index in [4.69, 9.17) is 0 Å². The molecule has 0 saturated carbocycles. The maximum absolute atomic E-state index is 3.46. The molecule has 3 heteroatoms. The predicted molar refractivity (Wildman–Crippen MR) is 77.9 cm³/mol. The van der Waals surface area contributed by atoms with Crippen LogP contribution in [-0.4, -0.2) is 36.6 Å². The molecule has 2 aromatic rings. The lowest BCUT2D eigenvalue weighted by molar-refractivity contribution is 0.326. The molecule has 98 valence electrons. The molecule has 1 heterocycles. The Morgan fingerprint density at radius 1 is 1.28 bits per heavy atom. The molecule has 18 heavy (non-hydrogen) atoms. The van der Waals surface area contributed by atoms with Gasteiger partial charge in [0.05, 0.1) is 0 Å². The van der Waals surface area contributed by atoms with Gasteiger partial charge in [0.2, 0.25) is 0 Å². The SMILES string of the molecule is CCNCCN(C)Cc1c(C)[nH]c2ccccc12. The normalized spacial score (nSPS) is 11.6. The fourth-order valence-electron chi connectivity index (χ4n) is 2.33. The van der Waals surface area contributed by atoms with Crippen molar-refractivity contribution in [1.29, 1.82) is 0 Å². The van der Waals surface area contributed by atoms with Crippen molar-refractivity contribution >= 4 is 10.9 Å². The highest BCUT2D eigenvalue weighted by atomic mass is 15.1. The molecule has 0 amide bonds. The van der Waals surface area contributed by atoms with Crippen molar-refractivity contribution in [1.82, 2.24) is 15.2 Å². The summed E-state index contributed by atoms with van der Waals surface area (Å²) in [6, 6.07) is 8.53. The number of nitrogens with one attached hydrogen (secondary N) is 2. The van der Waals surface area contributed by atoms with Crippen LogP contribution < -0.4 is 5.32 Å². The Labute approximate surface area is 109 Å². The second kappa shape index (κ2) is 6.03. The summed E-state index contributed by atoms with van der Waals surface area (Å²) in [4.78, 5) is 5.82. The van der Waals surface area contributed by atoms with E-state index in [1.165, 1.54) is 22.2 Å². The lowest BCUT2D eigenvalue weighted by Crippen LogP contribution is -2.28. The van der Waals surface area contributed by atoms with E-state index in [0.717, 1.165) is 26.2 Å². The van der Waals surface area contributed by atoms with Crippen molar-refractivity contribution in [3.05, 3.63) is 35.5 Å². The van der Waals surface area contributed by atoms with Gasteiger partial charge in [-0.3, -0.25) is 0 Å². The molecule has 0 atom stereocenters. The van der Waals surface area contributed by atoms with Gasteiger partial charge in [-0.2, -0.15) is 0 Å². The van der Waals surface area contributed by atoms with E-state index in [0.29, 0.717) is 0 Å². The van der Waals surface area contributed by atoms with Crippen LogP contribution in [-0.2, 0) is 6.54 Å². The van der Waals surface area contributed by atoms with Crippen LogP contribution in [0, 0.1) is 6.92 Å². The Morgan fingerprint density at radius 2 is 2.06 bits per heavy atom. The zero-order valence-corrected chi connectivity index (χ0v) is 11.6. The first-order valence-electron chi connectivity index (χ1n) is 6.67. The molecule has 3 nitrogen and oxygen atoms in total. The topological polar surface area (TPSA) is 31.1 Å². The summed E-state index contributed by atoms with van der Waals surface area (Å²) in [5.74, 6) is 0. The number of fused-ring (bicyclic) bond motifs is 1. The van der Waals surface area contributed by atoms with Crippen molar-refractivity contribution < 1.29 is 0 Å². The third-order valence-electron chi connectivity index (χ3n) is 3.38. The van der Waals surface area contributed by atoms with Crippen LogP contribution in [0.5, 0.6) is 0 Å². The maximum atomic E-state index is 3.46. The Bertz CT molecular complexity index is 501. The van der Waals surface area contributed by atoms with Crippen LogP contribution in [0.2, 0.25) is 0 Å². The van der Waals surface area contributed by atoms with Gasteiger partial charge in [0.1, 0.15) is 0 Å². The van der Waals surface area contributed by atoms with Crippen LogP contribution in [0.4, 0.5) is 0 Å². The highest BCUT2D eigenvalue weighted by Crippen LogP contribution is 2.22. The molecule has 0 radical (unpaired) electrons. The number of hydrogen-bond acceptors (Lipinski definition) is 2. The highest BCUT2D eigenvalue weighted by Gasteiger charge is 2.09. The van der Waals surface area contributed by atoms with E-state index in [1.807, 2.05) is 0 Å². The van der Waals surface area contributed by atoms with Crippen LogP contribution in [0.1, 0.15) is 18.2 Å². The zero-order valence-electron chi connectivity index (χ0n) is 11.6. The summed E-state index contributed by atoms with van der Waals surface area (Å²) in [5, 5.41) is 4.71. The summed E-state index contributed by atoms with van der Waals surface area (Å²) in [5.41, 5.74) is 3.95. The summed E-state index contributed by atoms with van der Waals surface area (Å²) >= 11 is 0. The first-order chi connectivity index (χ1) is 8.72. The standard InChI is InChI=1S/C15H23N3/c1-4-16-9-10-18(3)11-14-12(2)17-15-8-6-5-7-13(14)15/h5-8,16-17H,4,9-11H2,1-3H3. The van der Waals surface area contributed by atoms with Gasteiger partial charge in [0.15, 0.2) is 0 Å². The molecule has 1 aromatic carbocycles. The van der Waals surface area contributed by atoms with Gasteiger partial charge in [-0.05, 0) is 32.1 Å². The van der Waals surface area contributed by atoms with E-state index in [2.05, 4.69) is 60.4 Å². The van der Waals surface area contributed by atoms with Gasteiger partial charge >= 0.3 is 0 Å². The van der Waals surface area contributed by atoms with E-state index >= 15 is 0 Å². The fraction of sp³-hybridized carbons (Fsp3) is 0.467. The molecule has 1 aromatic heterocycles. The van der Waals surface area contributed by atoms with Crippen molar-refractivity contribution in [3.8, 4) is 0 Å². The number of likely N-dealkylation sites (N-methyl/N-ethyl adjacent to an activating group) is 2. The van der Waals surface area contributed by atoms with E-state index in [9.17, 15) is 0 Å².